The molecular formula is C21H19N3O3S. The minimum absolute atomic E-state index is 0.0126. The molecule has 0 fully saturated rings. The second-order valence-corrected chi connectivity index (χ2v) is 7.34. The molecule has 7 heteroatoms. The van der Waals surface area contributed by atoms with Crippen LogP contribution >= 0.6 is 11.3 Å². The zero-order valence-electron chi connectivity index (χ0n) is 15.7. The van der Waals surface area contributed by atoms with Crippen molar-refractivity contribution in [1.82, 2.24) is 4.98 Å². The van der Waals surface area contributed by atoms with E-state index < -0.39 is 4.92 Å². The van der Waals surface area contributed by atoms with E-state index in [1.807, 2.05) is 5.38 Å². The maximum atomic E-state index is 12.1. The highest BCUT2D eigenvalue weighted by atomic mass is 32.1. The van der Waals surface area contributed by atoms with Gasteiger partial charge in [-0.25, -0.2) is 4.98 Å². The van der Waals surface area contributed by atoms with Gasteiger partial charge in [-0.1, -0.05) is 17.7 Å². The SMILES string of the molecule is Cc1cc(C)c(-c2csc(NC(=O)C=Cc3ccc([N+](=O)[O-])cc3)n2)c(C)c1. The fraction of sp³-hybridized carbons (Fsp3) is 0.143. The number of aromatic nitrogens is 1. The largest absolute Gasteiger partial charge is 0.298 e. The van der Waals surface area contributed by atoms with Crippen LogP contribution in [0, 0.1) is 30.9 Å². The summed E-state index contributed by atoms with van der Waals surface area (Å²) in [4.78, 5) is 26.9. The number of non-ortho nitro benzene ring substituents is 1. The number of benzene rings is 2. The summed E-state index contributed by atoms with van der Waals surface area (Å²) in [7, 11) is 0. The number of nitrogens with zero attached hydrogens (tertiary/aromatic N) is 2. The molecule has 0 radical (unpaired) electrons. The van der Waals surface area contributed by atoms with Gasteiger partial charge in [-0.05, 0) is 55.7 Å². The molecule has 142 valence electrons. The van der Waals surface area contributed by atoms with Crippen molar-refractivity contribution in [2.45, 2.75) is 20.8 Å². The quantitative estimate of drug-likeness (QED) is 0.362. The average Bonchev–Trinajstić information content (AvgIpc) is 3.07. The Kier molecular flexibility index (Phi) is 5.65. The molecule has 0 unspecified atom stereocenters. The Bertz CT molecular complexity index is 1050. The Balaban J connectivity index is 1.70. The van der Waals surface area contributed by atoms with E-state index in [9.17, 15) is 14.9 Å². The van der Waals surface area contributed by atoms with Gasteiger partial charge in [0.1, 0.15) is 0 Å². The molecule has 1 amide bonds. The van der Waals surface area contributed by atoms with Gasteiger partial charge in [0.25, 0.3) is 5.69 Å². The maximum absolute atomic E-state index is 12.1. The number of nitrogens with one attached hydrogen (secondary N) is 1. The Hall–Kier alpha value is -3.32. The Morgan fingerprint density at radius 1 is 1.14 bits per heavy atom. The van der Waals surface area contributed by atoms with E-state index in [-0.39, 0.29) is 11.6 Å². The van der Waals surface area contributed by atoms with Crippen molar-refractivity contribution in [3.63, 3.8) is 0 Å². The van der Waals surface area contributed by atoms with Gasteiger partial charge in [-0.2, -0.15) is 0 Å². The van der Waals surface area contributed by atoms with Crippen molar-refractivity contribution in [2.24, 2.45) is 0 Å². The van der Waals surface area contributed by atoms with Gasteiger partial charge >= 0.3 is 0 Å². The third-order valence-corrected chi connectivity index (χ3v) is 4.96. The maximum Gasteiger partial charge on any atom is 0.269 e. The smallest absolute Gasteiger partial charge is 0.269 e. The van der Waals surface area contributed by atoms with Gasteiger partial charge < -0.3 is 0 Å². The summed E-state index contributed by atoms with van der Waals surface area (Å²) in [6.45, 7) is 6.17. The highest BCUT2D eigenvalue weighted by Gasteiger charge is 2.11. The number of carbonyl (C=O) groups excluding carboxylic acids is 1. The van der Waals surface area contributed by atoms with Crippen molar-refractivity contribution in [3.05, 3.63) is 80.2 Å². The first-order valence-corrected chi connectivity index (χ1v) is 9.48. The minimum Gasteiger partial charge on any atom is -0.298 e. The molecule has 0 spiro atoms. The highest BCUT2D eigenvalue weighted by molar-refractivity contribution is 7.14. The summed E-state index contributed by atoms with van der Waals surface area (Å²) in [6, 6.07) is 10.2. The number of nitro benzene ring substituents is 1. The van der Waals surface area contributed by atoms with Crippen LogP contribution in [0.15, 0.2) is 47.9 Å². The van der Waals surface area contributed by atoms with Gasteiger partial charge in [0.05, 0.1) is 10.6 Å². The summed E-state index contributed by atoms with van der Waals surface area (Å²) >= 11 is 1.37. The molecular weight excluding hydrogens is 374 g/mol. The third kappa shape index (κ3) is 4.50. The van der Waals surface area contributed by atoms with Crippen LogP contribution in [-0.4, -0.2) is 15.8 Å². The molecule has 1 N–H and O–H groups in total. The second-order valence-electron chi connectivity index (χ2n) is 6.48. The van der Waals surface area contributed by atoms with Crippen LogP contribution in [0.25, 0.3) is 17.3 Å². The molecule has 2 aromatic carbocycles. The molecule has 1 aromatic heterocycles. The molecule has 0 saturated heterocycles. The highest BCUT2D eigenvalue weighted by Crippen LogP contribution is 2.31. The Morgan fingerprint density at radius 2 is 1.79 bits per heavy atom. The van der Waals surface area contributed by atoms with Crippen LogP contribution in [0.5, 0.6) is 0 Å². The zero-order chi connectivity index (χ0) is 20.3. The average molecular weight is 393 g/mol. The van der Waals surface area contributed by atoms with Crippen molar-refractivity contribution in [2.75, 3.05) is 5.32 Å². The lowest BCUT2D eigenvalue weighted by atomic mass is 9.98. The van der Waals surface area contributed by atoms with Crippen LogP contribution < -0.4 is 5.32 Å². The molecule has 0 atom stereocenters. The lowest BCUT2D eigenvalue weighted by Gasteiger charge is -2.08. The second kappa shape index (κ2) is 8.14. The van der Waals surface area contributed by atoms with Crippen LogP contribution in [0.2, 0.25) is 0 Å². The zero-order valence-corrected chi connectivity index (χ0v) is 16.5. The number of rotatable bonds is 5. The van der Waals surface area contributed by atoms with E-state index in [2.05, 4.69) is 43.2 Å². The Labute approximate surface area is 166 Å². The summed E-state index contributed by atoms with van der Waals surface area (Å²) in [5, 5.41) is 15.9. The lowest BCUT2D eigenvalue weighted by Crippen LogP contribution is -2.07. The first-order valence-electron chi connectivity index (χ1n) is 8.61. The summed E-state index contributed by atoms with van der Waals surface area (Å²) in [6.07, 6.45) is 2.98. The lowest BCUT2D eigenvalue weighted by molar-refractivity contribution is -0.384. The number of hydrogen-bond donors (Lipinski definition) is 1. The van der Waals surface area contributed by atoms with E-state index in [1.165, 1.54) is 35.1 Å². The van der Waals surface area contributed by atoms with Gasteiger partial charge in [-0.15, -0.1) is 11.3 Å². The molecule has 1 heterocycles. The monoisotopic (exact) mass is 393 g/mol. The fourth-order valence-corrected chi connectivity index (χ4v) is 3.76. The van der Waals surface area contributed by atoms with E-state index in [4.69, 9.17) is 0 Å². The number of thiazole rings is 1. The number of nitro groups is 1. The number of amides is 1. The van der Waals surface area contributed by atoms with Gasteiger partial charge in [0.2, 0.25) is 5.91 Å². The van der Waals surface area contributed by atoms with E-state index in [0.717, 1.165) is 22.4 Å². The predicted molar refractivity (Wildman–Crippen MR) is 113 cm³/mol. The summed E-state index contributed by atoms with van der Waals surface area (Å²) < 4.78 is 0. The predicted octanol–water partition coefficient (Wildman–Crippen LogP) is 5.30. The molecule has 3 aromatic rings. The van der Waals surface area contributed by atoms with Crippen molar-refractivity contribution in [3.8, 4) is 11.3 Å². The fourth-order valence-electron chi connectivity index (χ4n) is 3.06. The first-order chi connectivity index (χ1) is 13.3. The van der Waals surface area contributed by atoms with Gasteiger partial charge in [-0.3, -0.25) is 20.2 Å². The first kappa shape index (κ1) is 19.4. The molecule has 28 heavy (non-hydrogen) atoms. The number of anilines is 1. The summed E-state index contributed by atoms with van der Waals surface area (Å²) in [5.74, 6) is -0.309. The van der Waals surface area contributed by atoms with Gasteiger partial charge in [0.15, 0.2) is 5.13 Å². The molecule has 0 aliphatic carbocycles. The Morgan fingerprint density at radius 3 is 2.39 bits per heavy atom. The number of carbonyl (C=O) groups is 1. The number of aryl methyl sites for hydroxylation is 3. The standard InChI is InChI=1S/C21H19N3O3S/c1-13-10-14(2)20(15(3)11-13)18-12-28-21(22-18)23-19(25)9-6-16-4-7-17(8-5-16)24(26)27/h4-12H,1-3H3,(H,22,23,25). The molecule has 0 saturated carbocycles. The summed E-state index contributed by atoms with van der Waals surface area (Å²) in [5.41, 5.74) is 6.15. The van der Waals surface area contributed by atoms with E-state index in [0.29, 0.717) is 10.7 Å². The van der Waals surface area contributed by atoms with E-state index >= 15 is 0 Å². The van der Waals surface area contributed by atoms with Crippen LogP contribution in [-0.2, 0) is 4.79 Å². The normalized spacial score (nSPS) is 11.0. The van der Waals surface area contributed by atoms with Crippen LogP contribution in [0.3, 0.4) is 0 Å². The minimum atomic E-state index is -0.461. The third-order valence-electron chi connectivity index (χ3n) is 4.20. The molecule has 0 bridgehead atoms. The number of hydrogen-bond acceptors (Lipinski definition) is 5. The molecule has 3 rings (SSSR count). The molecule has 6 nitrogen and oxygen atoms in total. The van der Waals surface area contributed by atoms with Crippen molar-refractivity contribution in [1.29, 1.82) is 0 Å². The van der Waals surface area contributed by atoms with Crippen LogP contribution in [0.1, 0.15) is 22.3 Å². The topological polar surface area (TPSA) is 85.1 Å². The van der Waals surface area contributed by atoms with Gasteiger partial charge in [0, 0.05) is 29.2 Å². The van der Waals surface area contributed by atoms with E-state index in [1.54, 1.807) is 18.2 Å². The van der Waals surface area contributed by atoms with Crippen LogP contribution in [0.4, 0.5) is 10.8 Å². The van der Waals surface area contributed by atoms with Crippen molar-refractivity contribution >= 4 is 34.1 Å². The van der Waals surface area contributed by atoms with Crippen molar-refractivity contribution < 1.29 is 9.72 Å². The molecule has 0 aliphatic heterocycles. The molecule has 0 aliphatic rings.